The van der Waals surface area contributed by atoms with E-state index in [0.717, 1.165) is 5.56 Å². The molecule has 1 atom stereocenters. The standard InChI is InChI=1S/C15H18N4O4S/c20-13(21)12(7-4-8-24-14-16-10-17-19-14)18-15(22)23-9-11-5-2-1-3-6-11/h1-3,5-6,10,12H,4,7-9H2,(H,18,22)(H,20,21)(H,16,17,19)/t12-/m0/s1. The quantitative estimate of drug-likeness (QED) is 0.468. The lowest BCUT2D eigenvalue weighted by Gasteiger charge is -2.14. The van der Waals surface area contributed by atoms with Gasteiger partial charge in [0.25, 0.3) is 0 Å². The van der Waals surface area contributed by atoms with Crippen molar-refractivity contribution in [3.05, 3.63) is 42.2 Å². The minimum Gasteiger partial charge on any atom is -0.480 e. The first-order chi connectivity index (χ1) is 11.6. The third-order valence-electron chi connectivity index (χ3n) is 3.06. The van der Waals surface area contributed by atoms with Crippen LogP contribution in [0.1, 0.15) is 18.4 Å². The zero-order valence-corrected chi connectivity index (χ0v) is 13.7. The van der Waals surface area contributed by atoms with Crippen molar-refractivity contribution in [1.29, 1.82) is 0 Å². The smallest absolute Gasteiger partial charge is 0.408 e. The van der Waals surface area contributed by atoms with E-state index < -0.39 is 18.1 Å². The third-order valence-corrected chi connectivity index (χ3v) is 4.01. The molecule has 0 saturated heterocycles. The number of benzene rings is 1. The molecule has 0 radical (unpaired) electrons. The number of carbonyl (C=O) groups excluding carboxylic acids is 1. The molecule has 128 valence electrons. The second-order valence-electron chi connectivity index (χ2n) is 4.87. The molecule has 24 heavy (non-hydrogen) atoms. The molecule has 0 aliphatic carbocycles. The number of H-pyrrole nitrogens is 1. The van der Waals surface area contributed by atoms with Crippen LogP contribution >= 0.6 is 11.8 Å². The largest absolute Gasteiger partial charge is 0.480 e. The fourth-order valence-electron chi connectivity index (χ4n) is 1.88. The number of aliphatic carboxylic acids is 1. The number of hydrogen-bond donors (Lipinski definition) is 3. The molecule has 0 aliphatic heterocycles. The molecule has 2 rings (SSSR count). The first kappa shape index (κ1) is 17.8. The molecule has 1 heterocycles. The van der Waals surface area contributed by atoms with Gasteiger partial charge >= 0.3 is 12.1 Å². The zero-order valence-electron chi connectivity index (χ0n) is 12.8. The zero-order chi connectivity index (χ0) is 17.2. The second-order valence-corrected chi connectivity index (χ2v) is 5.93. The van der Waals surface area contributed by atoms with Crippen molar-refractivity contribution in [3.8, 4) is 0 Å². The van der Waals surface area contributed by atoms with Crippen LogP contribution in [0, 0.1) is 0 Å². The molecule has 0 spiro atoms. The first-order valence-electron chi connectivity index (χ1n) is 7.33. The summed E-state index contributed by atoms with van der Waals surface area (Å²) in [5.74, 6) is -0.433. The van der Waals surface area contributed by atoms with Crippen LogP contribution in [0.15, 0.2) is 41.8 Å². The van der Waals surface area contributed by atoms with Gasteiger partial charge in [0.05, 0.1) is 0 Å². The van der Waals surface area contributed by atoms with Crippen LogP contribution < -0.4 is 5.32 Å². The van der Waals surface area contributed by atoms with Gasteiger partial charge in [-0.2, -0.15) is 0 Å². The molecule has 0 bridgehead atoms. The minimum absolute atomic E-state index is 0.0969. The van der Waals surface area contributed by atoms with Crippen molar-refractivity contribution in [2.45, 2.75) is 30.6 Å². The van der Waals surface area contributed by atoms with Gasteiger partial charge in [-0.05, 0) is 18.4 Å². The highest BCUT2D eigenvalue weighted by atomic mass is 32.2. The average Bonchev–Trinajstić information content (AvgIpc) is 3.10. The lowest BCUT2D eigenvalue weighted by molar-refractivity contribution is -0.139. The van der Waals surface area contributed by atoms with E-state index in [1.54, 1.807) is 0 Å². The monoisotopic (exact) mass is 350 g/mol. The maximum Gasteiger partial charge on any atom is 0.408 e. The van der Waals surface area contributed by atoms with Gasteiger partial charge in [-0.15, -0.1) is 5.10 Å². The van der Waals surface area contributed by atoms with Gasteiger partial charge in [0.2, 0.25) is 5.16 Å². The summed E-state index contributed by atoms with van der Waals surface area (Å²) in [6.07, 6.45) is 1.63. The van der Waals surface area contributed by atoms with E-state index in [4.69, 9.17) is 4.74 Å². The van der Waals surface area contributed by atoms with Crippen LogP contribution in [0.4, 0.5) is 4.79 Å². The van der Waals surface area contributed by atoms with Crippen molar-refractivity contribution in [1.82, 2.24) is 20.5 Å². The van der Waals surface area contributed by atoms with Gasteiger partial charge < -0.3 is 15.2 Å². The van der Waals surface area contributed by atoms with Crippen LogP contribution in [-0.2, 0) is 16.1 Å². The Balaban J connectivity index is 1.69. The topological polar surface area (TPSA) is 117 Å². The molecule has 8 nitrogen and oxygen atoms in total. The number of carbonyl (C=O) groups is 2. The van der Waals surface area contributed by atoms with E-state index in [0.29, 0.717) is 23.8 Å². The van der Waals surface area contributed by atoms with E-state index in [-0.39, 0.29) is 6.61 Å². The number of rotatable bonds is 9. The van der Waals surface area contributed by atoms with Crippen molar-refractivity contribution in [2.24, 2.45) is 0 Å². The molecule has 0 saturated carbocycles. The Morgan fingerprint density at radius 1 is 1.33 bits per heavy atom. The SMILES string of the molecule is O=C(N[C@@H](CCCSc1nc[nH]n1)C(=O)O)OCc1ccccc1. The summed E-state index contributed by atoms with van der Waals surface area (Å²) in [6, 6.07) is 8.19. The molecule has 1 amide bonds. The Kier molecular flexibility index (Phi) is 7.09. The summed E-state index contributed by atoms with van der Waals surface area (Å²) in [7, 11) is 0. The van der Waals surface area contributed by atoms with Crippen molar-refractivity contribution in [2.75, 3.05) is 5.75 Å². The van der Waals surface area contributed by atoms with E-state index in [1.807, 2.05) is 30.3 Å². The van der Waals surface area contributed by atoms with Gasteiger partial charge in [0.1, 0.15) is 19.0 Å². The van der Waals surface area contributed by atoms with Crippen molar-refractivity contribution >= 4 is 23.8 Å². The normalized spacial score (nSPS) is 11.7. The first-order valence-corrected chi connectivity index (χ1v) is 8.32. The number of aromatic nitrogens is 3. The molecular weight excluding hydrogens is 332 g/mol. The molecule has 3 N–H and O–H groups in total. The Labute approximate surface area is 143 Å². The van der Waals surface area contributed by atoms with E-state index in [1.165, 1.54) is 18.1 Å². The van der Waals surface area contributed by atoms with Crippen LogP contribution in [0.25, 0.3) is 0 Å². The average molecular weight is 350 g/mol. The number of carboxylic acids is 1. The molecule has 1 aromatic carbocycles. The van der Waals surface area contributed by atoms with E-state index in [9.17, 15) is 14.7 Å². The summed E-state index contributed by atoms with van der Waals surface area (Å²) >= 11 is 1.42. The van der Waals surface area contributed by atoms with Gasteiger partial charge in [-0.1, -0.05) is 42.1 Å². The molecular formula is C15H18N4O4S. The van der Waals surface area contributed by atoms with E-state index >= 15 is 0 Å². The fourth-order valence-corrected chi connectivity index (χ4v) is 2.62. The number of carboxylic acid groups (broad SMARTS) is 1. The maximum atomic E-state index is 11.7. The minimum atomic E-state index is -1.09. The van der Waals surface area contributed by atoms with Gasteiger partial charge in [-0.25, -0.2) is 14.6 Å². The van der Waals surface area contributed by atoms with Crippen molar-refractivity contribution < 1.29 is 19.4 Å². The Morgan fingerprint density at radius 3 is 2.79 bits per heavy atom. The molecule has 9 heteroatoms. The predicted molar refractivity (Wildman–Crippen MR) is 87.5 cm³/mol. The number of hydrogen-bond acceptors (Lipinski definition) is 6. The van der Waals surface area contributed by atoms with Crippen LogP contribution in [0.5, 0.6) is 0 Å². The maximum absolute atomic E-state index is 11.7. The van der Waals surface area contributed by atoms with Crippen LogP contribution in [-0.4, -0.2) is 44.1 Å². The summed E-state index contributed by atoms with van der Waals surface area (Å²) < 4.78 is 5.03. The summed E-state index contributed by atoms with van der Waals surface area (Å²) in [5.41, 5.74) is 0.836. The lowest BCUT2D eigenvalue weighted by Crippen LogP contribution is -2.41. The Bertz CT molecular complexity index is 636. The predicted octanol–water partition coefficient (Wildman–Crippen LogP) is 2.06. The highest BCUT2D eigenvalue weighted by molar-refractivity contribution is 7.99. The van der Waals surface area contributed by atoms with Crippen molar-refractivity contribution in [3.63, 3.8) is 0 Å². The van der Waals surface area contributed by atoms with E-state index in [2.05, 4.69) is 20.5 Å². The van der Waals surface area contributed by atoms with Crippen LogP contribution in [0.3, 0.4) is 0 Å². The molecule has 2 aromatic rings. The molecule has 0 unspecified atom stereocenters. The number of amides is 1. The van der Waals surface area contributed by atoms with Gasteiger partial charge in [0.15, 0.2) is 0 Å². The lowest BCUT2D eigenvalue weighted by atomic mass is 10.2. The highest BCUT2D eigenvalue weighted by Gasteiger charge is 2.20. The highest BCUT2D eigenvalue weighted by Crippen LogP contribution is 2.14. The number of thioether (sulfide) groups is 1. The van der Waals surface area contributed by atoms with Crippen LogP contribution in [0.2, 0.25) is 0 Å². The number of aromatic amines is 1. The Morgan fingerprint density at radius 2 is 2.12 bits per heavy atom. The molecule has 1 aromatic heterocycles. The third kappa shape index (κ3) is 6.29. The summed E-state index contributed by atoms with van der Waals surface area (Å²) in [4.78, 5) is 26.9. The second kappa shape index (κ2) is 9.56. The number of nitrogens with zero attached hydrogens (tertiary/aromatic N) is 2. The number of alkyl carbamates (subject to hydrolysis) is 1. The Hall–Kier alpha value is -2.55. The van der Waals surface area contributed by atoms with Gasteiger partial charge in [0, 0.05) is 5.75 Å². The molecule has 0 fully saturated rings. The summed E-state index contributed by atoms with van der Waals surface area (Å²) in [5, 5.41) is 18.7. The number of nitrogens with one attached hydrogen (secondary N) is 2. The summed E-state index contributed by atoms with van der Waals surface area (Å²) in [6.45, 7) is 0.0969. The number of ether oxygens (including phenoxy) is 1. The molecule has 0 aliphatic rings. The fraction of sp³-hybridized carbons (Fsp3) is 0.333. The van der Waals surface area contributed by atoms with Gasteiger partial charge in [-0.3, -0.25) is 5.10 Å².